The van der Waals surface area contributed by atoms with Crippen LogP contribution in [0.2, 0.25) is 0 Å². The van der Waals surface area contributed by atoms with E-state index in [0.29, 0.717) is 6.04 Å². The van der Waals surface area contributed by atoms with Gasteiger partial charge in [0.05, 0.1) is 0 Å². The molecular weight excluding hydrogens is 236 g/mol. The molecule has 0 spiro atoms. The Morgan fingerprint density at radius 2 is 2.00 bits per heavy atom. The van der Waals surface area contributed by atoms with Crippen LogP contribution >= 0.6 is 0 Å². The second-order valence-corrected chi connectivity index (χ2v) is 6.20. The highest BCUT2D eigenvalue weighted by molar-refractivity contribution is 5.80. The van der Waals surface area contributed by atoms with Crippen LogP contribution < -0.4 is 10.6 Å². The lowest BCUT2D eigenvalue weighted by atomic mass is 9.97. The molecule has 0 radical (unpaired) electrons. The summed E-state index contributed by atoms with van der Waals surface area (Å²) in [6, 6.07) is 0.651. The molecule has 2 N–H and O–H groups in total. The summed E-state index contributed by atoms with van der Waals surface area (Å²) < 4.78 is 0. The first-order valence-corrected chi connectivity index (χ1v) is 7.92. The van der Waals surface area contributed by atoms with E-state index in [1.165, 1.54) is 45.3 Å². The fourth-order valence-corrected chi connectivity index (χ4v) is 2.86. The first-order chi connectivity index (χ1) is 9.22. The lowest BCUT2D eigenvalue weighted by Gasteiger charge is -2.32. The number of guanidine groups is 1. The van der Waals surface area contributed by atoms with Crippen molar-refractivity contribution in [3.8, 4) is 0 Å². The maximum absolute atomic E-state index is 4.32. The van der Waals surface area contributed by atoms with Crippen LogP contribution in [0.5, 0.6) is 0 Å². The van der Waals surface area contributed by atoms with Crippen molar-refractivity contribution in [3.63, 3.8) is 0 Å². The standard InChI is InChI=1S/C15H30N4/c1-4-7-19-8-5-13(6-9-19)11-17-15(16-3)18-14-10-12(14)2/h12-14H,4-11H2,1-3H3,(H2,16,17,18). The normalized spacial score (nSPS) is 29.3. The lowest BCUT2D eigenvalue weighted by molar-refractivity contribution is 0.185. The molecule has 1 heterocycles. The van der Waals surface area contributed by atoms with Crippen molar-refractivity contribution in [1.82, 2.24) is 15.5 Å². The van der Waals surface area contributed by atoms with E-state index in [2.05, 4.69) is 34.4 Å². The van der Waals surface area contributed by atoms with Crippen LogP contribution in [0.3, 0.4) is 0 Å². The van der Waals surface area contributed by atoms with Gasteiger partial charge in [-0.25, -0.2) is 0 Å². The van der Waals surface area contributed by atoms with E-state index >= 15 is 0 Å². The van der Waals surface area contributed by atoms with Crippen molar-refractivity contribution in [2.24, 2.45) is 16.8 Å². The van der Waals surface area contributed by atoms with Gasteiger partial charge in [0, 0.05) is 19.6 Å². The van der Waals surface area contributed by atoms with Crippen molar-refractivity contribution in [1.29, 1.82) is 0 Å². The van der Waals surface area contributed by atoms with Gasteiger partial charge in [-0.2, -0.15) is 0 Å². The average molecular weight is 266 g/mol. The number of rotatable bonds is 5. The quantitative estimate of drug-likeness (QED) is 0.587. The third kappa shape index (κ3) is 4.68. The van der Waals surface area contributed by atoms with Crippen LogP contribution in [-0.4, -0.2) is 50.1 Å². The van der Waals surface area contributed by atoms with Gasteiger partial charge in [-0.1, -0.05) is 13.8 Å². The Morgan fingerprint density at radius 3 is 2.53 bits per heavy atom. The number of hydrogen-bond donors (Lipinski definition) is 2. The minimum atomic E-state index is 0.651. The molecule has 0 aromatic rings. The maximum atomic E-state index is 4.32. The molecular formula is C15H30N4. The second-order valence-electron chi connectivity index (χ2n) is 6.20. The molecule has 0 aromatic heterocycles. The van der Waals surface area contributed by atoms with Crippen molar-refractivity contribution in [3.05, 3.63) is 0 Å². The molecule has 2 fully saturated rings. The Kier molecular flexibility index (Phi) is 5.49. The van der Waals surface area contributed by atoms with Crippen molar-refractivity contribution in [2.45, 2.75) is 45.6 Å². The Bertz CT molecular complexity index is 295. The minimum absolute atomic E-state index is 0.651. The fraction of sp³-hybridized carbons (Fsp3) is 0.933. The molecule has 0 bridgehead atoms. The van der Waals surface area contributed by atoms with E-state index in [0.717, 1.165) is 24.3 Å². The van der Waals surface area contributed by atoms with E-state index in [1.807, 2.05) is 7.05 Å². The van der Waals surface area contributed by atoms with Crippen LogP contribution in [0.25, 0.3) is 0 Å². The second kappa shape index (κ2) is 7.13. The third-order valence-corrected chi connectivity index (χ3v) is 4.46. The van der Waals surface area contributed by atoms with Gasteiger partial charge >= 0.3 is 0 Å². The highest BCUT2D eigenvalue weighted by Gasteiger charge is 2.33. The Labute approximate surface area is 118 Å². The molecule has 1 saturated heterocycles. The van der Waals surface area contributed by atoms with Gasteiger partial charge in [0.2, 0.25) is 0 Å². The smallest absolute Gasteiger partial charge is 0.191 e. The molecule has 2 aliphatic rings. The predicted molar refractivity (Wildman–Crippen MR) is 81.5 cm³/mol. The molecule has 1 aliphatic heterocycles. The monoisotopic (exact) mass is 266 g/mol. The number of aliphatic imine (C=N–C) groups is 1. The van der Waals surface area contributed by atoms with Crippen LogP contribution in [-0.2, 0) is 0 Å². The Hall–Kier alpha value is -0.770. The number of hydrogen-bond acceptors (Lipinski definition) is 2. The van der Waals surface area contributed by atoms with Crippen LogP contribution in [0.4, 0.5) is 0 Å². The number of nitrogens with one attached hydrogen (secondary N) is 2. The van der Waals surface area contributed by atoms with Crippen LogP contribution in [0.15, 0.2) is 4.99 Å². The summed E-state index contributed by atoms with van der Waals surface area (Å²) in [6.45, 7) is 9.43. The van der Waals surface area contributed by atoms with Crippen LogP contribution in [0, 0.1) is 11.8 Å². The highest BCUT2D eigenvalue weighted by atomic mass is 15.2. The fourth-order valence-electron chi connectivity index (χ4n) is 2.86. The molecule has 0 aromatic carbocycles. The zero-order valence-corrected chi connectivity index (χ0v) is 12.8. The van der Waals surface area contributed by atoms with Crippen molar-refractivity contribution < 1.29 is 0 Å². The summed E-state index contributed by atoms with van der Waals surface area (Å²) in [6.07, 6.45) is 5.21. The highest BCUT2D eigenvalue weighted by Crippen LogP contribution is 2.28. The zero-order chi connectivity index (χ0) is 13.7. The molecule has 1 aliphatic carbocycles. The molecule has 4 nitrogen and oxygen atoms in total. The third-order valence-electron chi connectivity index (χ3n) is 4.46. The van der Waals surface area contributed by atoms with Gasteiger partial charge in [-0.3, -0.25) is 4.99 Å². The summed E-state index contributed by atoms with van der Waals surface area (Å²) >= 11 is 0. The van der Waals surface area contributed by atoms with E-state index in [4.69, 9.17) is 0 Å². The maximum Gasteiger partial charge on any atom is 0.191 e. The van der Waals surface area contributed by atoms with E-state index in [9.17, 15) is 0 Å². The van der Waals surface area contributed by atoms with Gasteiger partial charge in [0.15, 0.2) is 5.96 Å². The first-order valence-electron chi connectivity index (χ1n) is 7.92. The van der Waals surface area contributed by atoms with Crippen molar-refractivity contribution in [2.75, 3.05) is 33.2 Å². The Balaban J connectivity index is 1.62. The lowest BCUT2D eigenvalue weighted by Crippen LogP contribution is -2.43. The topological polar surface area (TPSA) is 39.7 Å². The number of piperidine rings is 1. The average Bonchev–Trinajstić information content (AvgIpc) is 3.12. The summed E-state index contributed by atoms with van der Waals surface area (Å²) in [5, 5.41) is 6.99. The van der Waals surface area contributed by atoms with Crippen molar-refractivity contribution >= 4 is 5.96 Å². The van der Waals surface area contributed by atoms with E-state index in [-0.39, 0.29) is 0 Å². The molecule has 2 rings (SSSR count). The first kappa shape index (κ1) is 14.6. The van der Waals surface area contributed by atoms with Gasteiger partial charge in [-0.05, 0) is 57.2 Å². The molecule has 2 unspecified atom stereocenters. The molecule has 0 amide bonds. The summed E-state index contributed by atoms with van der Waals surface area (Å²) in [4.78, 5) is 6.91. The van der Waals surface area contributed by atoms with Crippen LogP contribution in [0.1, 0.15) is 39.5 Å². The van der Waals surface area contributed by atoms with E-state index in [1.54, 1.807) is 0 Å². The minimum Gasteiger partial charge on any atom is -0.356 e. The molecule has 4 heteroatoms. The van der Waals surface area contributed by atoms with Gasteiger partial charge < -0.3 is 15.5 Å². The SMILES string of the molecule is CCCN1CCC(CNC(=NC)NC2CC2C)CC1. The molecule has 2 atom stereocenters. The van der Waals surface area contributed by atoms with Gasteiger partial charge in [0.25, 0.3) is 0 Å². The summed E-state index contributed by atoms with van der Waals surface area (Å²) in [5.41, 5.74) is 0. The largest absolute Gasteiger partial charge is 0.356 e. The summed E-state index contributed by atoms with van der Waals surface area (Å²) in [7, 11) is 1.87. The summed E-state index contributed by atoms with van der Waals surface area (Å²) in [5.74, 6) is 2.62. The van der Waals surface area contributed by atoms with Gasteiger partial charge in [0.1, 0.15) is 0 Å². The zero-order valence-electron chi connectivity index (χ0n) is 12.8. The number of likely N-dealkylation sites (tertiary alicyclic amines) is 1. The van der Waals surface area contributed by atoms with E-state index < -0.39 is 0 Å². The van der Waals surface area contributed by atoms with Gasteiger partial charge in [-0.15, -0.1) is 0 Å². The predicted octanol–water partition coefficient (Wildman–Crippen LogP) is 1.68. The molecule has 19 heavy (non-hydrogen) atoms. The number of nitrogens with zero attached hydrogens (tertiary/aromatic N) is 2. The molecule has 1 saturated carbocycles. The molecule has 110 valence electrons. The Morgan fingerprint density at radius 1 is 1.32 bits per heavy atom.